The highest BCUT2D eigenvalue weighted by Crippen LogP contribution is 2.30. The van der Waals surface area contributed by atoms with Gasteiger partial charge in [-0.05, 0) is 48.8 Å². The molecule has 2 aliphatic heterocycles. The Balaban J connectivity index is 1.30. The molecular weight excluding hydrogens is 612 g/mol. The molecule has 2 fully saturated rings. The summed E-state index contributed by atoms with van der Waals surface area (Å²) in [5.41, 5.74) is 2.02. The van der Waals surface area contributed by atoms with E-state index in [1.54, 1.807) is 6.92 Å². The van der Waals surface area contributed by atoms with Crippen LogP contribution in [0.1, 0.15) is 56.1 Å². The second-order valence-electron chi connectivity index (χ2n) is 12.9. The molecular formula is C36H42N6O6. The second kappa shape index (κ2) is 15.3. The van der Waals surface area contributed by atoms with E-state index in [1.165, 1.54) is 23.5 Å². The SMILES string of the molecule is CC(C)C[C@H](NC(=O)[C@H](Cc1ccc(-c2ccccc2)cc1)NC(=O)[C@@H]1CCCN1C(=O)CNC(=O)c1cnccn1)C(=O)[C@@]1(C)CO1. The lowest BCUT2D eigenvalue weighted by atomic mass is 9.93. The molecule has 4 atom stereocenters. The molecule has 1 aromatic heterocycles. The van der Waals surface area contributed by atoms with Gasteiger partial charge in [0, 0.05) is 25.4 Å². The molecule has 0 spiro atoms. The summed E-state index contributed by atoms with van der Waals surface area (Å²) < 4.78 is 5.39. The number of nitrogens with one attached hydrogen (secondary N) is 3. The third-order valence-corrected chi connectivity index (χ3v) is 8.64. The summed E-state index contributed by atoms with van der Waals surface area (Å²) in [6.45, 7) is 5.96. The van der Waals surface area contributed by atoms with Crippen LogP contribution in [-0.4, -0.2) is 87.7 Å². The minimum Gasteiger partial charge on any atom is -0.361 e. The normalized spacial score (nSPS) is 19.7. The monoisotopic (exact) mass is 654 g/mol. The van der Waals surface area contributed by atoms with Gasteiger partial charge in [0.25, 0.3) is 5.91 Å². The summed E-state index contributed by atoms with van der Waals surface area (Å²) in [6.07, 6.45) is 5.68. The molecule has 5 rings (SSSR count). The van der Waals surface area contributed by atoms with Gasteiger partial charge in [0.15, 0.2) is 5.78 Å². The van der Waals surface area contributed by atoms with E-state index in [2.05, 4.69) is 25.9 Å². The fourth-order valence-corrected chi connectivity index (χ4v) is 5.87. The quantitative estimate of drug-likeness (QED) is 0.223. The average Bonchev–Trinajstić information content (AvgIpc) is 3.65. The maximum Gasteiger partial charge on any atom is 0.271 e. The summed E-state index contributed by atoms with van der Waals surface area (Å²) in [4.78, 5) is 75.7. The molecule has 0 saturated carbocycles. The summed E-state index contributed by atoms with van der Waals surface area (Å²) in [7, 11) is 0. The lowest BCUT2D eigenvalue weighted by Gasteiger charge is -2.28. The molecule has 12 nitrogen and oxygen atoms in total. The van der Waals surface area contributed by atoms with Crippen molar-refractivity contribution in [3.05, 3.63) is 84.4 Å². The lowest BCUT2D eigenvalue weighted by Crippen LogP contribution is -2.57. The summed E-state index contributed by atoms with van der Waals surface area (Å²) in [5.74, 6) is -2.03. The predicted octanol–water partition coefficient (Wildman–Crippen LogP) is 2.48. The summed E-state index contributed by atoms with van der Waals surface area (Å²) in [5, 5.41) is 8.33. The van der Waals surface area contributed by atoms with Crippen molar-refractivity contribution in [1.29, 1.82) is 0 Å². The molecule has 0 unspecified atom stereocenters. The van der Waals surface area contributed by atoms with E-state index in [0.29, 0.717) is 32.4 Å². The van der Waals surface area contributed by atoms with Gasteiger partial charge in [-0.3, -0.25) is 29.0 Å². The van der Waals surface area contributed by atoms with Crippen LogP contribution in [0.25, 0.3) is 11.1 Å². The van der Waals surface area contributed by atoms with Crippen LogP contribution in [0.4, 0.5) is 0 Å². The molecule has 0 radical (unpaired) electrons. The van der Waals surface area contributed by atoms with Crippen LogP contribution < -0.4 is 16.0 Å². The van der Waals surface area contributed by atoms with Gasteiger partial charge < -0.3 is 25.6 Å². The number of aromatic nitrogens is 2. The maximum absolute atomic E-state index is 13.9. The number of hydrogen-bond acceptors (Lipinski definition) is 8. The number of carbonyl (C=O) groups is 5. The Hall–Kier alpha value is -4.97. The van der Waals surface area contributed by atoms with Crippen LogP contribution >= 0.6 is 0 Å². The Morgan fingerprint density at radius 1 is 0.958 bits per heavy atom. The number of rotatable bonds is 14. The molecule has 2 saturated heterocycles. The van der Waals surface area contributed by atoms with E-state index < -0.39 is 47.4 Å². The van der Waals surface area contributed by atoms with Gasteiger partial charge in [0.2, 0.25) is 17.7 Å². The summed E-state index contributed by atoms with van der Waals surface area (Å²) >= 11 is 0. The largest absolute Gasteiger partial charge is 0.361 e. The van der Waals surface area contributed by atoms with E-state index in [-0.39, 0.29) is 30.4 Å². The zero-order valence-electron chi connectivity index (χ0n) is 27.5. The molecule has 0 bridgehead atoms. The van der Waals surface area contributed by atoms with Crippen LogP contribution in [0.2, 0.25) is 0 Å². The number of epoxide rings is 1. The number of hydrogen-bond donors (Lipinski definition) is 3. The molecule has 252 valence electrons. The molecule has 2 aliphatic rings. The number of ether oxygens (including phenoxy) is 1. The van der Waals surface area contributed by atoms with Crippen molar-refractivity contribution >= 4 is 29.4 Å². The van der Waals surface area contributed by atoms with E-state index in [9.17, 15) is 24.0 Å². The molecule has 3 heterocycles. The first-order chi connectivity index (χ1) is 23.0. The van der Waals surface area contributed by atoms with Crippen LogP contribution in [-0.2, 0) is 30.3 Å². The number of likely N-dealkylation sites (tertiary alicyclic amines) is 1. The second-order valence-corrected chi connectivity index (χ2v) is 12.9. The molecule has 0 aliphatic carbocycles. The van der Waals surface area contributed by atoms with Crippen molar-refractivity contribution in [2.75, 3.05) is 19.7 Å². The zero-order chi connectivity index (χ0) is 34.3. The lowest BCUT2D eigenvalue weighted by molar-refractivity contribution is -0.139. The molecule has 48 heavy (non-hydrogen) atoms. The van der Waals surface area contributed by atoms with Crippen molar-refractivity contribution in [1.82, 2.24) is 30.8 Å². The topological polar surface area (TPSA) is 163 Å². The van der Waals surface area contributed by atoms with Crippen LogP contribution in [0, 0.1) is 5.92 Å². The zero-order valence-corrected chi connectivity index (χ0v) is 27.5. The van der Waals surface area contributed by atoms with E-state index in [4.69, 9.17) is 4.74 Å². The third kappa shape index (κ3) is 8.68. The Bertz CT molecular complexity index is 1610. The van der Waals surface area contributed by atoms with Crippen LogP contribution in [0.3, 0.4) is 0 Å². The third-order valence-electron chi connectivity index (χ3n) is 8.64. The fourth-order valence-electron chi connectivity index (χ4n) is 5.87. The van der Waals surface area contributed by atoms with E-state index >= 15 is 0 Å². The highest BCUT2D eigenvalue weighted by molar-refractivity contribution is 5.99. The van der Waals surface area contributed by atoms with Gasteiger partial charge in [0.1, 0.15) is 23.4 Å². The van der Waals surface area contributed by atoms with Gasteiger partial charge >= 0.3 is 0 Å². The Morgan fingerprint density at radius 2 is 1.67 bits per heavy atom. The van der Waals surface area contributed by atoms with E-state index in [0.717, 1.165) is 16.7 Å². The minimum absolute atomic E-state index is 0.0724. The molecule has 2 aromatic carbocycles. The van der Waals surface area contributed by atoms with Gasteiger partial charge in [-0.1, -0.05) is 68.4 Å². The van der Waals surface area contributed by atoms with Crippen molar-refractivity contribution in [2.24, 2.45) is 5.92 Å². The predicted molar refractivity (Wildman–Crippen MR) is 177 cm³/mol. The van der Waals surface area contributed by atoms with Gasteiger partial charge in [-0.25, -0.2) is 4.98 Å². The van der Waals surface area contributed by atoms with Gasteiger partial charge in [-0.15, -0.1) is 0 Å². The van der Waals surface area contributed by atoms with Crippen LogP contribution in [0.5, 0.6) is 0 Å². The van der Waals surface area contributed by atoms with Crippen molar-refractivity contribution < 1.29 is 28.7 Å². The first-order valence-corrected chi connectivity index (χ1v) is 16.3. The number of nitrogens with zero attached hydrogens (tertiary/aromatic N) is 3. The van der Waals surface area contributed by atoms with E-state index in [1.807, 2.05) is 68.4 Å². The van der Waals surface area contributed by atoms with Crippen molar-refractivity contribution in [3.8, 4) is 11.1 Å². The Morgan fingerprint density at radius 3 is 2.31 bits per heavy atom. The highest BCUT2D eigenvalue weighted by atomic mass is 16.6. The smallest absolute Gasteiger partial charge is 0.271 e. The Kier molecular flexibility index (Phi) is 10.9. The molecule has 3 N–H and O–H groups in total. The highest BCUT2D eigenvalue weighted by Gasteiger charge is 2.50. The van der Waals surface area contributed by atoms with Crippen molar-refractivity contribution in [3.63, 3.8) is 0 Å². The number of ketones is 1. The van der Waals surface area contributed by atoms with Gasteiger partial charge in [0.05, 0.1) is 25.4 Å². The minimum atomic E-state index is -1.02. The molecule has 4 amide bonds. The first-order valence-electron chi connectivity index (χ1n) is 16.3. The fraction of sp³-hybridized carbons (Fsp3) is 0.417. The number of carbonyl (C=O) groups excluding carboxylic acids is 5. The molecule has 12 heteroatoms. The maximum atomic E-state index is 13.9. The average molecular weight is 655 g/mol. The number of Topliss-reactive ketones (excluding diaryl/α,β-unsaturated/α-hetero) is 1. The molecule has 3 aromatic rings. The Labute approximate surface area is 280 Å². The number of benzene rings is 2. The number of amides is 4. The first kappa shape index (κ1) is 34.4. The van der Waals surface area contributed by atoms with Gasteiger partial charge in [-0.2, -0.15) is 0 Å². The standard InChI is InChI=1S/C36H42N6O6/c1-23(2)18-27(32(44)36(3)22-48-36)40-34(46)28(19-24-11-13-26(14-12-24)25-8-5-4-6-9-25)41-35(47)30-10-7-17-42(30)31(43)21-39-33(45)29-20-37-15-16-38-29/h4-6,8-9,11-16,20,23,27-28,30H,7,10,17-19,21-22H2,1-3H3,(H,39,45)(H,40,46)(H,41,47)/t27-,28-,30-,36+/m0/s1. The summed E-state index contributed by atoms with van der Waals surface area (Å²) in [6, 6.07) is 15.0. The van der Waals surface area contributed by atoms with Crippen LogP contribution in [0.15, 0.2) is 73.2 Å². The van der Waals surface area contributed by atoms with Crippen molar-refractivity contribution in [2.45, 2.75) is 70.2 Å².